The van der Waals surface area contributed by atoms with E-state index in [9.17, 15) is 26.9 Å². The maximum absolute atomic E-state index is 13.1. The van der Waals surface area contributed by atoms with Crippen LogP contribution in [-0.4, -0.2) is 24.1 Å². The van der Waals surface area contributed by atoms with Crippen LogP contribution < -0.4 is 15.2 Å². The van der Waals surface area contributed by atoms with Crippen molar-refractivity contribution in [1.82, 2.24) is 9.97 Å². The molecule has 0 fully saturated rings. The molecule has 12 heteroatoms. The monoisotopic (exact) mass is 449 g/mol. The Labute approximate surface area is 175 Å². The minimum absolute atomic E-state index is 0.0205. The summed E-state index contributed by atoms with van der Waals surface area (Å²) in [5.74, 6) is -4.30. The highest BCUT2D eigenvalue weighted by molar-refractivity contribution is 7.93. The number of hydrogen-bond donors (Lipinski definition) is 2. The Morgan fingerprint density at radius 3 is 2.52 bits per heavy atom. The summed E-state index contributed by atoms with van der Waals surface area (Å²) in [6, 6.07) is 11.0. The first-order chi connectivity index (χ1) is 14.7. The van der Waals surface area contributed by atoms with Crippen LogP contribution >= 0.6 is 0 Å². The number of benzene rings is 2. The molecule has 3 rings (SSSR count). The first kappa shape index (κ1) is 21.8. The third kappa shape index (κ3) is 5.01. The number of ether oxygens (including phenoxy) is 1. The van der Waals surface area contributed by atoms with Gasteiger partial charge in [-0.2, -0.15) is 14.0 Å². The molecule has 2 aromatic carbocycles. The van der Waals surface area contributed by atoms with Crippen molar-refractivity contribution in [2.75, 3.05) is 10.5 Å². The van der Waals surface area contributed by atoms with Crippen molar-refractivity contribution in [2.24, 2.45) is 0 Å². The quantitative estimate of drug-likeness (QED) is 0.566. The van der Waals surface area contributed by atoms with Gasteiger partial charge < -0.3 is 10.5 Å². The average Bonchev–Trinajstić information content (AvgIpc) is 2.73. The average molecular weight is 449 g/mol. The topological polar surface area (TPSA) is 131 Å². The molecule has 0 saturated heterocycles. The lowest BCUT2D eigenvalue weighted by molar-refractivity contribution is 0.236. The molecule has 1 heterocycles. The van der Waals surface area contributed by atoms with Crippen LogP contribution in [0.15, 0.2) is 48.8 Å². The van der Waals surface area contributed by atoms with Gasteiger partial charge in [0.1, 0.15) is 42.0 Å². The van der Waals surface area contributed by atoms with Gasteiger partial charge in [-0.15, -0.1) is 0 Å². The smallest absolute Gasteiger partial charge is 0.355 e. The molecule has 0 saturated carbocycles. The number of hydrogen-bond acceptors (Lipinski definition) is 7. The first-order valence-electron chi connectivity index (χ1n) is 8.53. The lowest BCUT2D eigenvalue weighted by atomic mass is 10.1. The van der Waals surface area contributed by atoms with E-state index in [0.29, 0.717) is 11.1 Å². The number of nitrogen functional groups attached to an aromatic ring is 1. The van der Waals surface area contributed by atoms with Crippen molar-refractivity contribution < 1.29 is 26.3 Å². The molecular formula is C19H14F3N5O3S. The zero-order chi connectivity index (χ0) is 22.6. The van der Waals surface area contributed by atoms with Crippen LogP contribution in [-0.2, 0) is 16.6 Å². The Morgan fingerprint density at radius 1 is 1.16 bits per heavy atom. The van der Waals surface area contributed by atoms with Crippen molar-refractivity contribution in [3.05, 3.63) is 65.7 Å². The van der Waals surface area contributed by atoms with E-state index in [4.69, 9.17) is 10.5 Å². The van der Waals surface area contributed by atoms with E-state index in [1.807, 2.05) is 6.07 Å². The number of nitrogens with zero attached hydrogens (tertiary/aromatic N) is 3. The number of alkyl halides is 2. The zero-order valence-electron chi connectivity index (χ0n) is 15.6. The number of nitrogens with one attached hydrogen (secondary N) is 1. The number of nitriles is 1. The summed E-state index contributed by atoms with van der Waals surface area (Å²) >= 11 is 0. The van der Waals surface area contributed by atoms with Crippen LogP contribution in [0.5, 0.6) is 5.75 Å². The molecule has 1 aromatic heterocycles. The molecule has 3 aromatic rings. The fourth-order valence-corrected chi connectivity index (χ4v) is 3.11. The third-order valence-corrected chi connectivity index (χ3v) is 5.01. The lowest BCUT2D eigenvalue weighted by Crippen LogP contribution is -2.21. The van der Waals surface area contributed by atoms with Crippen molar-refractivity contribution in [2.45, 2.75) is 12.4 Å². The minimum Gasteiger partial charge on any atom is -0.487 e. The van der Waals surface area contributed by atoms with Crippen LogP contribution in [0.25, 0.3) is 11.3 Å². The Bertz CT molecular complexity index is 1250. The molecule has 0 aliphatic carbocycles. The summed E-state index contributed by atoms with van der Waals surface area (Å²) in [6.45, 7) is -0.121. The second-order valence-corrected chi connectivity index (χ2v) is 7.78. The van der Waals surface area contributed by atoms with Gasteiger partial charge in [-0.3, -0.25) is 4.72 Å². The highest BCUT2D eigenvalue weighted by Gasteiger charge is 2.25. The Hall–Kier alpha value is -3.85. The summed E-state index contributed by atoms with van der Waals surface area (Å²) in [5.41, 5.74) is 6.40. The van der Waals surface area contributed by atoms with Gasteiger partial charge in [-0.25, -0.2) is 22.8 Å². The Balaban J connectivity index is 2.03. The molecule has 160 valence electrons. The first-order valence-corrected chi connectivity index (χ1v) is 10.1. The minimum atomic E-state index is -4.97. The van der Waals surface area contributed by atoms with Crippen molar-refractivity contribution >= 4 is 21.5 Å². The Morgan fingerprint density at radius 2 is 1.87 bits per heavy atom. The molecule has 0 spiro atoms. The van der Waals surface area contributed by atoms with Gasteiger partial charge in [0.15, 0.2) is 0 Å². The highest BCUT2D eigenvalue weighted by atomic mass is 32.2. The summed E-state index contributed by atoms with van der Waals surface area (Å²) in [5, 5.41) is 9.33. The van der Waals surface area contributed by atoms with E-state index >= 15 is 0 Å². The molecule has 0 radical (unpaired) electrons. The number of aromatic nitrogens is 2. The highest BCUT2D eigenvalue weighted by Crippen LogP contribution is 2.34. The van der Waals surface area contributed by atoms with E-state index in [1.54, 1.807) is 4.72 Å². The van der Waals surface area contributed by atoms with Gasteiger partial charge in [-0.1, -0.05) is 18.2 Å². The SMILES string of the molecule is N#Cc1c(N)ncnc1-c1ccc(NS(=O)(=O)C(F)F)c(OCc2ccc(F)cc2)c1. The number of rotatable bonds is 7. The molecule has 0 unspecified atom stereocenters. The number of nitrogens with two attached hydrogens (primary N) is 1. The molecule has 0 bridgehead atoms. The van der Waals surface area contributed by atoms with Crippen LogP contribution in [0.1, 0.15) is 11.1 Å². The standard InChI is InChI=1S/C19H14F3N5O3S/c20-13-4-1-11(2-5-13)9-30-16-7-12(17-14(8-23)18(24)26-10-25-17)3-6-15(16)27-31(28,29)19(21)22/h1-7,10,19,27H,9H2,(H2,24,25,26). The number of halogens is 3. The van der Waals surface area contributed by atoms with Crippen LogP contribution in [0, 0.1) is 17.1 Å². The van der Waals surface area contributed by atoms with Gasteiger partial charge in [0.25, 0.3) is 10.0 Å². The molecule has 0 atom stereocenters. The number of anilines is 2. The summed E-state index contributed by atoms with van der Waals surface area (Å²) in [4.78, 5) is 7.75. The van der Waals surface area contributed by atoms with E-state index in [0.717, 1.165) is 6.33 Å². The van der Waals surface area contributed by atoms with E-state index in [2.05, 4.69) is 9.97 Å². The normalized spacial score (nSPS) is 11.2. The third-order valence-electron chi connectivity index (χ3n) is 4.04. The Kier molecular flexibility index (Phi) is 6.26. The fourth-order valence-electron chi connectivity index (χ4n) is 2.54. The predicted octanol–water partition coefficient (Wildman–Crippen LogP) is 3.28. The predicted molar refractivity (Wildman–Crippen MR) is 106 cm³/mol. The van der Waals surface area contributed by atoms with Crippen LogP contribution in [0.2, 0.25) is 0 Å². The van der Waals surface area contributed by atoms with Gasteiger partial charge in [0.2, 0.25) is 0 Å². The van der Waals surface area contributed by atoms with E-state index in [-0.39, 0.29) is 35.1 Å². The van der Waals surface area contributed by atoms with Gasteiger partial charge in [0, 0.05) is 5.56 Å². The molecule has 8 nitrogen and oxygen atoms in total. The summed E-state index contributed by atoms with van der Waals surface area (Å²) in [6.07, 6.45) is 1.14. The van der Waals surface area contributed by atoms with Crippen molar-refractivity contribution in [3.63, 3.8) is 0 Å². The maximum atomic E-state index is 13.1. The van der Waals surface area contributed by atoms with Crippen LogP contribution in [0.3, 0.4) is 0 Å². The van der Waals surface area contributed by atoms with E-state index in [1.165, 1.54) is 42.5 Å². The van der Waals surface area contributed by atoms with Gasteiger partial charge in [-0.05, 0) is 29.8 Å². The molecule has 3 N–H and O–H groups in total. The molecule has 0 aliphatic heterocycles. The summed E-state index contributed by atoms with van der Waals surface area (Å²) < 4.78 is 69.3. The van der Waals surface area contributed by atoms with Crippen LogP contribution in [0.4, 0.5) is 24.7 Å². The second kappa shape index (κ2) is 8.88. The molecule has 0 aliphatic rings. The molecule has 31 heavy (non-hydrogen) atoms. The van der Waals surface area contributed by atoms with Gasteiger partial charge in [0.05, 0.1) is 11.4 Å². The molecule has 0 amide bonds. The van der Waals surface area contributed by atoms with E-state index < -0.39 is 21.6 Å². The largest absolute Gasteiger partial charge is 0.487 e. The summed E-state index contributed by atoms with van der Waals surface area (Å²) in [7, 11) is -4.97. The van der Waals surface area contributed by atoms with Crippen molar-refractivity contribution in [3.8, 4) is 23.1 Å². The van der Waals surface area contributed by atoms with Gasteiger partial charge >= 0.3 is 5.76 Å². The lowest BCUT2D eigenvalue weighted by Gasteiger charge is -2.15. The fraction of sp³-hybridized carbons (Fsp3) is 0.105. The second-order valence-electron chi connectivity index (χ2n) is 6.13. The van der Waals surface area contributed by atoms with Crippen molar-refractivity contribution in [1.29, 1.82) is 5.26 Å². The zero-order valence-corrected chi connectivity index (χ0v) is 16.4. The number of sulfonamides is 1. The molecular weight excluding hydrogens is 435 g/mol. The maximum Gasteiger partial charge on any atom is 0.355 e.